The van der Waals surface area contributed by atoms with Crippen LogP contribution in [0.2, 0.25) is 0 Å². The van der Waals surface area contributed by atoms with Crippen LogP contribution in [0, 0.1) is 18.8 Å². The Morgan fingerprint density at radius 3 is 3.13 bits per heavy atom. The van der Waals surface area contributed by atoms with Crippen molar-refractivity contribution in [3.63, 3.8) is 0 Å². The molecule has 0 unspecified atom stereocenters. The summed E-state index contributed by atoms with van der Waals surface area (Å²) >= 11 is 3.16. The number of hydrogen-bond acceptors (Lipinski definition) is 7. The lowest BCUT2D eigenvalue weighted by Crippen LogP contribution is -2.34. The highest BCUT2D eigenvalue weighted by molar-refractivity contribution is 7.15. The Bertz CT molecular complexity index is 687. The molecular weight excluding hydrogens is 332 g/mol. The van der Waals surface area contributed by atoms with Crippen LogP contribution in [0.15, 0.2) is 16.8 Å². The van der Waals surface area contributed by atoms with E-state index in [9.17, 15) is 4.79 Å². The first-order chi connectivity index (χ1) is 11.2. The predicted octanol–water partition coefficient (Wildman–Crippen LogP) is 1.79. The van der Waals surface area contributed by atoms with E-state index >= 15 is 0 Å². The van der Waals surface area contributed by atoms with Crippen LogP contribution in [-0.2, 0) is 4.74 Å². The molecule has 4 rings (SSSR count). The van der Waals surface area contributed by atoms with Crippen molar-refractivity contribution in [2.45, 2.75) is 13.0 Å². The molecule has 0 radical (unpaired) electrons. The molecule has 2 saturated heterocycles. The van der Waals surface area contributed by atoms with Crippen molar-refractivity contribution in [3.05, 3.63) is 27.4 Å². The summed E-state index contributed by atoms with van der Waals surface area (Å²) in [6.07, 6.45) is 0.238. The van der Waals surface area contributed by atoms with Crippen LogP contribution in [0.4, 0.5) is 5.13 Å². The van der Waals surface area contributed by atoms with Crippen LogP contribution in [0.25, 0.3) is 0 Å². The third-order valence-electron chi connectivity index (χ3n) is 4.53. The Hall–Kier alpha value is -1.51. The van der Waals surface area contributed by atoms with Crippen molar-refractivity contribution in [1.29, 1.82) is 0 Å². The quantitative estimate of drug-likeness (QED) is 0.911. The molecule has 2 aromatic heterocycles. The van der Waals surface area contributed by atoms with Gasteiger partial charge in [-0.2, -0.15) is 11.3 Å². The normalized spacial score (nSPS) is 26.5. The van der Waals surface area contributed by atoms with Gasteiger partial charge in [-0.3, -0.25) is 4.79 Å². The van der Waals surface area contributed by atoms with Gasteiger partial charge < -0.3 is 15.0 Å². The average molecular weight is 350 g/mol. The molecule has 8 heteroatoms. The lowest BCUT2D eigenvalue weighted by Gasteiger charge is -2.19. The maximum atomic E-state index is 12.1. The van der Waals surface area contributed by atoms with Crippen molar-refractivity contribution >= 4 is 33.7 Å². The van der Waals surface area contributed by atoms with Crippen LogP contribution in [0.3, 0.4) is 0 Å². The number of nitrogens with zero attached hydrogens (tertiary/aromatic N) is 3. The molecule has 1 amide bonds. The topological polar surface area (TPSA) is 67.4 Å². The molecule has 0 saturated carbocycles. The number of amides is 1. The van der Waals surface area contributed by atoms with E-state index in [-0.39, 0.29) is 12.0 Å². The number of ether oxygens (including phenoxy) is 1. The molecule has 2 aromatic rings. The van der Waals surface area contributed by atoms with E-state index in [1.807, 2.05) is 23.8 Å². The summed E-state index contributed by atoms with van der Waals surface area (Å²) < 4.78 is 5.94. The Morgan fingerprint density at radius 2 is 2.39 bits per heavy atom. The fourth-order valence-corrected chi connectivity index (χ4v) is 4.64. The zero-order valence-corrected chi connectivity index (χ0v) is 14.4. The Balaban J connectivity index is 1.35. The van der Waals surface area contributed by atoms with Crippen LogP contribution in [0.1, 0.15) is 15.4 Å². The van der Waals surface area contributed by atoms with E-state index in [1.165, 1.54) is 11.3 Å². The number of aromatic nitrogens is 2. The molecule has 0 aromatic carbocycles. The molecular formula is C15H18N4O2S2. The summed E-state index contributed by atoms with van der Waals surface area (Å²) in [6, 6.07) is 1.85. The molecule has 4 heterocycles. The number of hydrogen-bond donors (Lipinski definition) is 1. The van der Waals surface area contributed by atoms with Gasteiger partial charge in [-0.05, 0) is 18.4 Å². The van der Waals surface area contributed by atoms with Gasteiger partial charge in [-0.15, -0.1) is 10.2 Å². The SMILES string of the molecule is Cc1nnc(N2C[C@@H]3[C@H](CNC(=O)c4ccsc4)CO[C@@H]3C2)s1. The predicted molar refractivity (Wildman–Crippen MR) is 90.2 cm³/mol. The van der Waals surface area contributed by atoms with Crippen molar-refractivity contribution in [2.24, 2.45) is 11.8 Å². The Kier molecular flexibility index (Phi) is 4.04. The van der Waals surface area contributed by atoms with Gasteiger partial charge in [0.15, 0.2) is 0 Å². The second-order valence-corrected chi connectivity index (χ2v) is 7.97. The highest BCUT2D eigenvalue weighted by Gasteiger charge is 2.44. The van der Waals surface area contributed by atoms with Crippen LogP contribution >= 0.6 is 22.7 Å². The van der Waals surface area contributed by atoms with E-state index in [1.54, 1.807) is 11.3 Å². The molecule has 0 bridgehead atoms. The summed E-state index contributed by atoms with van der Waals surface area (Å²) in [4.78, 5) is 14.3. The van der Waals surface area contributed by atoms with E-state index in [4.69, 9.17) is 4.74 Å². The van der Waals surface area contributed by atoms with Gasteiger partial charge in [0.2, 0.25) is 5.13 Å². The van der Waals surface area contributed by atoms with Gasteiger partial charge in [0.25, 0.3) is 5.91 Å². The first kappa shape index (κ1) is 15.0. The molecule has 0 aliphatic carbocycles. The number of aryl methyl sites for hydroxylation is 1. The largest absolute Gasteiger partial charge is 0.376 e. The van der Waals surface area contributed by atoms with Crippen LogP contribution < -0.4 is 10.2 Å². The first-order valence-electron chi connectivity index (χ1n) is 7.68. The summed E-state index contributed by atoms with van der Waals surface area (Å²) in [5, 5.41) is 17.1. The highest BCUT2D eigenvalue weighted by Crippen LogP contribution is 2.36. The van der Waals surface area contributed by atoms with Gasteiger partial charge in [0.05, 0.1) is 12.7 Å². The highest BCUT2D eigenvalue weighted by atomic mass is 32.1. The number of carbonyl (C=O) groups excluding carboxylic acids is 1. The van der Waals surface area contributed by atoms with Gasteiger partial charge in [0, 0.05) is 42.4 Å². The zero-order chi connectivity index (χ0) is 15.8. The molecule has 2 aliphatic rings. The van der Waals surface area contributed by atoms with E-state index < -0.39 is 0 Å². The fourth-order valence-electron chi connectivity index (χ4n) is 3.30. The van der Waals surface area contributed by atoms with Gasteiger partial charge in [0.1, 0.15) is 5.01 Å². The molecule has 122 valence electrons. The van der Waals surface area contributed by atoms with E-state index in [2.05, 4.69) is 20.4 Å². The summed E-state index contributed by atoms with van der Waals surface area (Å²) in [5.41, 5.74) is 0.739. The van der Waals surface area contributed by atoms with Crippen LogP contribution in [0.5, 0.6) is 0 Å². The summed E-state index contributed by atoms with van der Waals surface area (Å²) in [7, 11) is 0. The number of carbonyl (C=O) groups is 1. The minimum atomic E-state index is 0.00398. The molecule has 6 nitrogen and oxygen atoms in total. The molecule has 0 spiro atoms. The minimum Gasteiger partial charge on any atom is -0.376 e. The molecule has 3 atom stereocenters. The molecule has 23 heavy (non-hydrogen) atoms. The second-order valence-electron chi connectivity index (χ2n) is 6.03. The van der Waals surface area contributed by atoms with Crippen molar-refractivity contribution in [1.82, 2.24) is 15.5 Å². The molecule has 2 aliphatic heterocycles. The average Bonchev–Trinajstić information content (AvgIpc) is 3.29. The first-order valence-corrected chi connectivity index (χ1v) is 9.43. The fraction of sp³-hybridized carbons (Fsp3) is 0.533. The van der Waals surface area contributed by atoms with E-state index in [0.717, 1.165) is 35.4 Å². The monoisotopic (exact) mass is 350 g/mol. The van der Waals surface area contributed by atoms with E-state index in [0.29, 0.717) is 18.4 Å². The number of nitrogens with one attached hydrogen (secondary N) is 1. The van der Waals surface area contributed by atoms with Gasteiger partial charge in [-0.25, -0.2) is 0 Å². The van der Waals surface area contributed by atoms with Crippen molar-refractivity contribution < 1.29 is 9.53 Å². The second kappa shape index (κ2) is 6.18. The van der Waals surface area contributed by atoms with Gasteiger partial charge in [-0.1, -0.05) is 11.3 Å². The Morgan fingerprint density at radius 1 is 1.48 bits per heavy atom. The smallest absolute Gasteiger partial charge is 0.252 e. The van der Waals surface area contributed by atoms with Gasteiger partial charge >= 0.3 is 0 Å². The number of fused-ring (bicyclic) bond motifs is 1. The number of anilines is 1. The number of rotatable bonds is 4. The molecule has 2 fully saturated rings. The Labute approximate surface area is 142 Å². The summed E-state index contributed by atoms with van der Waals surface area (Å²) in [5.74, 6) is 0.813. The third-order valence-corrected chi connectivity index (χ3v) is 6.12. The standard InChI is InChI=1S/C15H18N4O2S2/c1-9-17-18-15(23-9)19-5-12-11(7-21-13(12)6-19)4-16-14(20)10-2-3-22-8-10/h2-3,8,11-13H,4-7H2,1H3,(H,16,20)/t11-,12-,13-/m1/s1. The maximum absolute atomic E-state index is 12.1. The van der Waals surface area contributed by atoms with Crippen molar-refractivity contribution in [3.8, 4) is 0 Å². The lowest BCUT2D eigenvalue weighted by atomic mass is 9.93. The molecule has 1 N–H and O–H groups in total. The third kappa shape index (κ3) is 2.98. The van der Waals surface area contributed by atoms with Crippen molar-refractivity contribution in [2.75, 3.05) is 31.1 Å². The van der Waals surface area contributed by atoms with Crippen LogP contribution in [-0.4, -0.2) is 48.4 Å². The summed E-state index contributed by atoms with van der Waals surface area (Å²) in [6.45, 7) is 5.16. The lowest BCUT2D eigenvalue weighted by molar-refractivity contribution is 0.0940. The maximum Gasteiger partial charge on any atom is 0.252 e. The zero-order valence-electron chi connectivity index (χ0n) is 12.8. The number of thiophene rings is 1. The minimum absolute atomic E-state index is 0.00398.